The maximum Gasteiger partial charge on any atom is 0.158 e. The van der Waals surface area contributed by atoms with E-state index in [1.54, 1.807) is 13.4 Å². The molecule has 1 aliphatic carbocycles. The Bertz CT molecular complexity index is 1070. The number of aromatic nitrogens is 2. The summed E-state index contributed by atoms with van der Waals surface area (Å²) in [5.41, 5.74) is 6.95. The topological polar surface area (TPSA) is 59.4 Å². The highest BCUT2D eigenvalue weighted by atomic mass is 32.1. The van der Waals surface area contributed by atoms with Crippen LogP contribution in [0.3, 0.4) is 0 Å². The molecule has 0 amide bonds. The van der Waals surface area contributed by atoms with Crippen LogP contribution in [0.5, 0.6) is 5.75 Å². The van der Waals surface area contributed by atoms with Gasteiger partial charge in [0.05, 0.1) is 18.2 Å². The van der Waals surface area contributed by atoms with Crippen LogP contribution in [0, 0.1) is 11.3 Å². The SMILES string of the molecule is CCC(C)(C)[C@H]1CCc2sc3ncnc(N/N=C(\C)c4ccc(OC)cc4)c3c2C1. The van der Waals surface area contributed by atoms with E-state index in [2.05, 4.69) is 41.3 Å². The summed E-state index contributed by atoms with van der Waals surface area (Å²) >= 11 is 1.82. The molecule has 2 aromatic heterocycles. The lowest BCUT2D eigenvalue weighted by molar-refractivity contribution is 0.184. The van der Waals surface area contributed by atoms with Gasteiger partial charge in [-0.05, 0) is 72.9 Å². The maximum absolute atomic E-state index is 5.24. The lowest BCUT2D eigenvalue weighted by atomic mass is 9.69. The number of rotatable bonds is 6. The number of nitrogens with one attached hydrogen (secondary N) is 1. The zero-order valence-corrected chi connectivity index (χ0v) is 19.3. The van der Waals surface area contributed by atoms with Crippen molar-refractivity contribution in [2.75, 3.05) is 12.5 Å². The first-order chi connectivity index (χ1) is 14.4. The van der Waals surface area contributed by atoms with Gasteiger partial charge in [0, 0.05) is 4.88 Å². The summed E-state index contributed by atoms with van der Waals surface area (Å²) in [5.74, 6) is 2.33. The summed E-state index contributed by atoms with van der Waals surface area (Å²) in [6.45, 7) is 9.09. The number of hydrogen-bond donors (Lipinski definition) is 1. The number of fused-ring (bicyclic) bond motifs is 3. The molecule has 0 saturated heterocycles. The number of hydrazone groups is 1. The average Bonchev–Trinajstić information content (AvgIpc) is 3.16. The number of methoxy groups -OCH3 is 1. The van der Waals surface area contributed by atoms with Crippen LogP contribution in [0.2, 0.25) is 0 Å². The van der Waals surface area contributed by atoms with E-state index in [-0.39, 0.29) is 0 Å². The molecule has 0 unspecified atom stereocenters. The normalized spacial score (nSPS) is 17.1. The number of benzene rings is 1. The Hall–Kier alpha value is -2.47. The Balaban J connectivity index is 1.64. The highest BCUT2D eigenvalue weighted by Crippen LogP contribution is 2.45. The largest absolute Gasteiger partial charge is 0.497 e. The maximum atomic E-state index is 5.24. The number of hydrogen-bond acceptors (Lipinski definition) is 6. The summed E-state index contributed by atoms with van der Waals surface area (Å²) < 4.78 is 5.24. The minimum atomic E-state index is 0.346. The van der Waals surface area contributed by atoms with Gasteiger partial charge in [-0.15, -0.1) is 11.3 Å². The van der Waals surface area contributed by atoms with E-state index in [0.29, 0.717) is 11.3 Å². The standard InChI is InChI=1S/C24H30N4OS/c1-6-24(3,4)17-9-12-20-19(13-17)21-22(25-14-26-23(21)30-20)28-27-15(2)16-7-10-18(29-5)11-8-16/h7-8,10-11,14,17H,6,9,12-13H2,1-5H3,(H,25,26,28)/b27-15+/t17-/m0/s1. The third-order valence-corrected chi connectivity index (χ3v) is 7.89. The Labute approximate surface area is 182 Å². The number of ether oxygens (including phenoxy) is 1. The van der Waals surface area contributed by atoms with Crippen LogP contribution in [0.25, 0.3) is 10.2 Å². The van der Waals surface area contributed by atoms with Gasteiger partial charge in [-0.25, -0.2) is 9.97 Å². The van der Waals surface area contributed by atoms with Crippen molar-refractivity contribution in [2.24, 2.45) is 16.4 Å². The molecule has 0 spiro atoms. The van der Waals surface area contributed by atoms with Gasteiger partial charge in [0.25, 0.3) is 0 Å². The molecule has 6 heteroatoms. The first-order valence-corrected chi connectivity index (χ1v) is 11.4. The molecule has 3 aromatic rings. The molecule has 0 aliphatic heterocycles. The molecular formula is C24H30N4OS. The quantitative estimate of drug-likeness (QED) is 0.386. The van der Waals surface area contributed by atoms with Crippen molar-refractivity contribution in [3.05, 3.63) is 46.6 Å². The first kappa shape index (κ1) is 20.8. The Morgan fingerprint density at radius 3 is 2.73 bits per heavy atom. The molecule has 1 aliphatic rings. The molecule has 4 rings (SSSR count). The predicted molar refractivity (Wildman–Crippen MR) is 126 cm³/mol. The third kappa shape index (κ3) is 3.93. The van der Waals surface area contributed by atoms with E-state index in [1.807, 2.05) is 42.5 Å². The molecular weight excluding hydrogens is 392 g/mol. The van der Waals surface area contributed by atoms with E-state index >= 15 is 0 Å². The Morgan fingerprint density at radius 1 is 1.27 bits per heavy atom. The van der Waals surface area contributed by atoms with Crippen LogP contribution in [0.1, 0.15) is 56.5 Å². The summed E-state index contributed by atoms with van der Waals surface area (Å²) in [7, 11) is 1.67. The van der Waals surface area contributed by atoms with Crippen molar-refractivity contribution in [2.45, 2.75) is 53.4 Å². The van der Waals surface area contributed by atoms with Crippen LogP contribution in [-0.2, 0) is 12.8 Å². The van der Waals surface area contributed by atoms with Crippen molar-refractivity contribution in [1.82, 2.24) is 9.97 Å². The molecule has 158 valence electrons. The molecule has 2 heterocycles. The van der Waals surface area contributed by atoms with Crippen molar-refractivity contribution >= 4 is 33.1 Å². The highest BCUT2D eigenvalue weighted by molar-refractivity contribution is 7.19. The van der Waals surface area contributed by atoms with Gasteiger partial charge in [-0.2, -0.15) is 5.10 Å². The molecule has 30 heavy (non-hydrogen) atoms. The minimum absolute atomic E-state index is 0.346. The summed E-state index contributed by atoms with van der Waals surface area (Å²) in [4.78, 5) is 11.6. The van der Waals surface area contributed by atoms with Gasteiger partial charge in [-0.1, -0.05) is 27.2 Å². The highest BCUT2D eigenvalue weighted by Gasteiger charge is 2.33. The van der Waals surface area contributed by atoms with Gasteiger partial charge < -0.3 is 4.74 Å². The van der Waals surface area contributed by atoms with Crippen LogP contribution >= 0.6 is 11.3 Å². The Morgan fingerprint density at radius 2 is 2.03 bits per heavy atom. The molecule has 0 bridgehead atoms. The van der Waals surface area contributed by atoms with Gasteiger partial charge in [0.1, 0.15) is 16.9 Å². The zero-order valence-electron chi connectivity index (χ0n) is 18.5. The molecule has 0 radical (unpaired) electrons. The zero-order chi connectivity index (χ0) is 21.3. The predicted octanol–water partition coefficient (Wildman–Crippen LogP) is 6.08. The second kappa shape index (κ2) is 8.34. The first-order valence-electron chi connectivity index (χ1n) is 10.6. The van der Waals surface area contributed by atoms with Crippen LogP contribution in [0.4, 0.5) is 5.82 Å². The van der Waals surface area contributed by atoms with Crippen LogP contribution in [-0.4, -0.2) is 22.8 Å². The summed E-state index contributed by atoms with van der Waals surface area (Å²) in [6.07, 6.45) is 6.32. The van der Waals surface area contributed by atoms with E-state index < -0.39 is 0 Å². The van der Waals surface area contributed by atoms with Gasteiger partial charge in [-0.3, -0.25) is 5.43 Å². The van der Waals surface area contributed by atoms with Gasteiger partial charge in [0.15, 0.2) is 5.82 Å². The minimum Gasteiger partial charge on any atom is -0.497 e. The van der Waals surface area contributed by atoms with Crippen molar-refractivity contribution < 1.29 is 4.74 Å². The third-order valence-electron chi connectivity index (χ3n) is 6.69. The molecule has 1 atom stereocenters. The Kier molecular flexibility index (Phi) is 5.78. The fourth-order valence-electron chi connectivity index (χ4n) is 4.18. The lowest BCUT2D eigenvalue weighted by Crippen LogP contribution is -2.28. The molecule has 1 N–H and O–H groups in total. The monoisotopic (exact) mass is 422 g/mol. The van der Waals surface area contributed by atoms with Crippen LogP contribution < -0.4 is 10.2 Å². The fraction of sp³-hybridized carbons (Fsp3) is 0.458. The van der Waals surface area contributed by atoms with E-state index in [9.17, 15) is 0 Å². The second-order valence-electron chi connectivity index (χ2n) is 8.73. The molecule has 1 aromatic carbocycles. The van der Waals surface area contributed by atoms with E-state index in [4.69, 9.17) is 4.74 Å². The van der Waals surface area contributed by atoms with E-state index in [0.717, 1.165) is 45.9 Å². The number of anilines is 1. The average molecular weight is 423 g/mol. The lowest BCUT2D eigenvalue weighted by Gasteiger charge is -2.36. The molecule has 5 nitrogen and oxygen atoms in total. The van der Waals surface area contributed by atoms with Gasteiger partial charge in [0.2, 0.25) is 0 Å². The number of aryl methyl sites for hydroxylation is 1. The molecule has 0 fully saturated rings. The van der Waals surface area contributed by atoms with Crippen molar-refractivity contribution in [3.8, 4) is 5.75 Å². The van der Waals surface area contributed by atoms with E-state index in [1.165, 1.54) is 23.3 Å². The number of nitrogens with zero attached hydrogens (tertiary/aromatic N) is 3. The van der Waals surface area contributed by atoms with Crippen molar-refractivity contribution in [3.63, 3.8) is 0 Å². The number of thiophene rings is 1. The van der Waals surface area contributed by atoms with Gasteiger partial charge >= 0.3 is 0 Å². The second-order valence-corrected chi connectivity index (χ2v) is 9.81. The molecule has 0 saturated carbocycles. The fourth-order valence-corrected chi connectivity index (χ4v) is 5.37. The smallest absolute Gasteiger partial charge is 0.158 e. The van der Waals surface area contributed by atoms with Crippen molar-refractivity contribution in [1.29, 1.82) is 0 Å². The summed E-state index contributed by atoms with van der Waals surface area (Å²) in [6, 6.07) is 7.92. The summed E-state index contributed by atoms with van der Waals surface area (Å²) in [5, 5.41) is 5.78. The van der Waals surface area contributed by atoms with Crippen LogP contribution in [0.15, 0.2) is 35.7 Å².